The maximum absolute atomic E-state index is 12.7. The molecule has 0 aromatic carbocycles. The predicted octanol–water partition coefficient (Wildman–Crippen LogP) is 0.361. The summed E-state index contributed by atoms with van der Waals surface area (Å²) in [5, 5.41) is 8.58. The number of hydrogen-bond acceptors (Lipinski definition) is 2. The number of carboxylic acids is 1. The van der Waals surface area contributed by atoms with E-state index in [1.54, 1.807) is 11.9 Å². The monoisotopic (exact) mass is 161 g/mol. The Labute approximate surface area is 64.8 Å². The van der Waals surface area contributed by atoms with E-state index in [1.807, 2.05) is 0 Å². The Morgan fingerprint density at radius 1 is 1.64 bits per heavy atom. The summed E-state index contributed by atoms with van der Waals surface area (Å²) in [6.07, 6.45) is -0.811. The molecule has 0 radical (unpaired) electrons. The second-order valence-electron chi connectivity index (χ2n) is 3.09. The van der Waals surface area contributed by atoms with Crippen LogP contribution in [0.3, 0.4) is 0 Å². The van der Waals surface area contributed by atoms with E-state index < -0.39 is 18.1 Å². The van der Waals surface area contributed by atoms with Crippen molar-refractivity contribution in [1.82, 2.24) is 4.90 Å². The lowest BCUT2D eigenvalue weighted by Crippen LogP contribution is -2.41. The minimum Gasteiger partial charge on any atom is -0.481 e. The second-order valence-corrected chi connectivity index (χ2v) is 3.09. The molecule has 0 spiro atoms. The van der Waals surface area contributed by atoms with Crippen molar-refractivity contribution < 1.29 is 14.3 Å². The van der Waals surface area contributed by atoms with Crippen molar-refractivity contribution in [2.75, 3.05) is 20.1 Å². The number of likely N-dealkylation sites (tertiary alicyclic amines) is 1. The molecule has 1 aliphatic heterocycles. The molecule has 64 valence electrons. The molecule has 0 aliphatic carbocycles. The minimum absolute atomic E-state index is 0.166. The molecular weight excluding hydrogens is 149 g/mol. The smallest absolute Gasteiger partial charge is 0.307 e. The number of alkyl halides is 1. The number of rotatable bonds is 1. The average molecular weight is 161 g/mol. The average Bonchev–Trinajstić information content (AvgIpc) is 1.85. The van der Waals surface area contributed by atoms with Gasteiger partial charge in [-0.1, -0.05) is 0 Å². The molecule has 3 nitrogen and oxygen atoms in total. The summed E-state index contributed by atoms with van der Waals surface area (Å²) in [7, 11) is 1.74. The molecule has 0 saturated carbocycles. The molecule has 1 N–H and O–H groups in total. The van der Waals surface area contributed by atoms with Gasteiger partial charge in [0, 0.05) is 13.1 Å². The number of halogens is 1. The lowest BCUT2D eigenvalue weighted by Gasteiger charge is -2.29. The summed E-state index contributed by atoms with van der Waals surface area (Å²) >= 11 is 0. The second kappa shape index (κ2) is 3.17. The van der Waals surface area contributed by atoms with Crippen molar-refractivity contribution in [2.24, 2.45) is 5.92 Å². The fourth-order valence-electron chi connectivity index (χ4n) is 1.43. The first-order chi connectivity index (χ1) is 5.09. The summed E-state index contributed by atoms with van der Waals surface area (Å²) in [6, 6.07) is 0. The van der Waals surface area contributed by atoms with Crippen molar-refractivity contribution in [3.63, 3.8) is 0 Å². The highest BCUT2D eigenvalue weighted by molar-refractivity contribution is 5.70. The van der Waals surface area contributed by atoms with Crippen LogP contribution in [0.4, 0.5) is 4.39 Å². The van der Waals surface area contributed by atoms with Crippen LogP contribution in [0.25, 0.3) is 0 Å². The third kappa shape index (κ3) is 2.15. The highest BCUT2D eigenvalue weighted by Crippen LogP contribution is 2.17. The first-order valence-electron chi connectivity index (χ1n) is 3.65. The van der Waals surface area contributed by atoms with E-state index >= 15 is 0 Å². The molecule has 4 heteroatoms. The van der Waals surface area contributed by atoms with Crippen molar-refractivity contribution in [2.45, 2.75) is 12.6 Å². The maximum Gasteiger partial charge on any atom is 0.307 e. The summed E-state index contributed by atoms with van der Waals surface area (Å²) in [5.41, 5.74) is 0. The van der Waals surface area contributed by atoms with E-state index in [2.05, 4.69) is 0 Å². The fourth-order valence-corrected chi connectivity index (χ4v) is 1.43. The summed E-state index contributed by atoms with van der Waals surface area (Å²) in [4.78, 5) is 12.2. The van der Waals surface area contributed by atoms with Crippen molar-refractivity contribution >= 4 is 5.97 Å². The molecule has 11 heavy (non-hydrogen) atoms. The zero-order valence-electron chi connectivity index (χ0n) is 6.46. The Kier molecular flexibility index (Phi) is 2.44. The van der Waals surface area contributed by atoms with E-state index in [-0.39, 0.29) is 6.42 Å². The summed E-state index contributed by atoms with van der Waals surface area (Å²) in [6.45, 7) is 0.833. The zero-order valence-corrected chi connectivity index (χ0v) is 6.46. The van der Waals surface area contributed by atoms with Gasteiger partial charge in [0.1, 0.15) is 6.17 Å². The highest BCUT2D eigenvalue weighted by Gasteiger charge is 2.29. The van der Waals surface area contributed by atoms with Crippen LogP contribution in [-0.4, -0.2) is 42.3 Å². The van der Waals surface area contributed by atoms with Crippen LogP contribution in [0, 0.1) is 5.92 Å². The molecule has 0 bridgehead atoms. The van der Waals surface area contributed by atoms with Gasteiger partial charge in [-0.25, -0.2) is 4.39 Å². The Balaban J connectivity index is 2.49. The van der Waals surface area contributed by atoms with Gasteiger partial charge < -0.3 is 10.0 Å². The third-order valence-corrected chi connectivity index (χ3v) is 1.93. The van der Waals surface area contributed by atoms with Crippen LogP contribution in [0.5, 0.6) is 0 Å². The van der Waals surface area contributed by atoms with E-state index in [9.17, 15) is 9.18 Å². The molecule has 1 saturated heterocycles. The molecule has 2 unspecified atom stereocenters. The minimum atomic E-state index is -0.977. The van der Waals surface area contributed by atoms with Crippen molar-refractivity contribution in [1.29, 1.82) is 0 Å². The maximum atomic E-state index is 12.7. The van der Waals surface area contributed by atoms with Gasteiger partial charge in [0.05, 0.1) is 5.92 Å². The Morgan fingerprint density at radius 3 is 2.73 bits per heavy atom. The molecule has 0 amide bonds. The fraction of sp³-hybridized carbons (Fsp3) is 0.857. The van der Waals surface area contributed by atoms with Crippen LogP contribution in [-0.2, 0) is 4.79 Å². The normalized spacial score (nSPS) is 33.6. The van der Waals surface area contributed by atoms with Gasteiger partial charge in [-0.15, -0.1) is 0 Å². The van der Waals surface area contributed by atoms with Gasteiger partial charge >= 0.3 is 5.97 Å². The van der Waals surface area contributed by atoms with Gasteiger partial charge in [0.25, 0.3) is 0 Å². The SMILES string of the molecule is CN1CC(F)CC(C(=O)O)C1. The molecule has 1 heterocycles. The standard InChI is InChI=1S/C7H12FNO2/c1-9-3-5(7(10)11)2-6(8)4-9/h5-6H,2-4H2,1H3,(H,10,11). The number of aliphatic carboxylic acids is 1. The largest absolute Gasteiger partial charge is 0.481 e. The third-order valence-electron chi connectivity index (χ3n) is 1.93. The number of hydrogen-bond donors (Lipinski definition) is 1. The summed E-state index contributed by atoms with van der Waals surface area (Å²) in [5.74, 6) is -1.41. The predicted molar refractivity (Wildman–Crippen MR) is 38.1 cm³/mol. The first kappa shape index (κ1) is 8.46. The van der Waals surface area contributed by atoms with E-state index in [1.165, 1.54) is 0 Å². The van der Waals surface area contributed by atoms with Crippen LogP contribution in [0.1, 0.15) is 6.42 Å². The van der Waals surface area contributed by atoms with Gasteiger partial charge in [-0.2, -0.15) is 0 Å². The summed E-state index contributed by atoms with van der Waals surface area (Å²) < 4.78 is 12.7. The van der Waals surface area contributed by atoms with Crippen LogP contribution >= 0.6 is 0 Å². The van der Waals surface area contributed by atoms with Gasteiger partial charge in [0.2, 0.25) is 0 Å². The highest BCUT2D eigenvalue weighted by atomic mass is 19.1. The lowest BCUT2D eigenvalue weighted by molar-refractivity contribution is -0.144. The molecular formula is C7H12FNO2. The molecule has 1 aliphatic rings. The van der Waals surface area contributed by atoms with E-state index in [0.717, 1.165) is 0 Å². The van der Waals surface area contributed by atoms with Crippen LogP contribution in [0.2, 0.25) is 0 Å². The van der Waals surface area contributed by atoms with Gasteiger partial charge in [0.15, 0.2) is 0 Å². The number of piperidine rings is 1. The molecule has 1 rings (SSSR count). The Hall–Kier alpha value is -0.640. The lowest BCUT2D eigenvalue weighted by atomic mass is 9.97. The Morgan fingerprint density at radius 2 is 2.27 bits per heavy atom. The van der Waals surface area contributed by atoms with Crippen molar-refractivity contribution in [3.8, 4) is 0 Å². The molecule has 0 aromatic rings. The van der Waals surface area contributed by atoms with Crippen LogP contribution < -0.4 is 0 Å². The topological polar surface area (TPSA) is 40.5 Å². The first-order valence-corrected chi connectivity index (χ1v) is 3.65. The van der Waals surface area contributed by atoms with Gasteiger partial charge in [-0.05, 0) is 13.5 Å². The van der Waals surface area contributed by atoms with E-state index in [4.69, 9.17) is 5.11 Å². The van der Waals surface area contributed by atoms with Gasteiger partial charge in [-0.3, -0.25) is 4.79 Å². The zero-order chi connectivity index (χ0) is 8.43. The molecule has 1 fully saturated rings. The number of nitrogens with zero attached hydrogens (tertiary/aromatic N) is 1. The van der Waals surface area contributed by atoms with Crippen LogP contribution in [0.15, 0.2) is 0 Å². The number of carboxylic acid groups (broad SMARTS) is 1. The molecule has 2 atom stereocenters. The quantitative estimate of drug-likeness (QED) is 0.603. The molecule has 0 aromatic heterocycles. The van der Waals surface area contributed by atoms with Crippen molar-refractivity contribution in [3.05, 3.63) is 0 Å². The number of carbonyl (C=O) groups is 1. The van der Waals surface area contributed by atoms with E-state index in [0.29, 0.717) is 13.1 Å². The Bertz CT molecular complexity index is 153.